The third-order valence-corrected chi connectivity index (χ3v) is 6.28. The van der Waals surface area contributed by atoms with Crippen LogP contribution in [0.25, 0.3) is 28.0 Å². The van der Waals surface area contributed by atoms with Crippen LogP contribution in [0.4, 0.5) is 4.39 Å². The van der Waals surface area contributed by atoms with Crippen molar-refractivity contribution in [3.05, 3.63) is 72.4 Å². The van der Waals surface area contributed by atoms with Crippen LogP contribution in [-0.2, 0) is 10.8 Å². The van der Waals surface area contributed by atoms with Crippen molar-refractivity contribution in [1.82, 2.24) is 19.4 Å². The Labute approximate surface area is 199 Å². The van der Waals surface area contributed by atoms with Crippen molar-refractivity contribution in [3.63, 3.8) is 0 Å². The van der Waals surface area contributed by atoms with E-state index in [2.05, 4.69) is 9.97 Å². The minimum Gasteiger partial charge on any atom is -0.389 e. The molecule has 7 nitrogen and oxygen atoms in total. The molecule has 176 valence electrons. The topological polar surface area (TPSA) is 88.3 Å². The van der Waals surface area contributed by atoms with Crippen LogP contribution in [0.15, 0.2) is 66.0 Å². The fourth-order valence-electron chi connectivity index (χ4n) is 3.88. The van der Waals surface area contributed by atoms with Crippen LogP contribution in [0.5, 0.6) is 0 Å². The Kier molecular flexibility index (Phi) is 6.33. The zero-order valence-corrected chi connectivity index (χ0v) is 20.1. The molecule has 0 fully saturated rings. The number of rotatable bonds is 6. The number of aromatic nitrogens is 3. The average molecular weight is 481 g/mol. The number of halogens is 1. The van der Waals surface area contributed by atoms with Gasteiger partial charge in [0.1, 0.15) is 5.82 Å². The summed E-state index contributed by atoms with van der Waals surface area (Å²) in [5, 5.41) is 10.8. The second kappa shape index (κ2) is 9.08. The number of likely N-dealkylation sites (N-methyl/N-ethyl adjacent to an activating group) is 1. The number of hydrogen-bond donors (Lipinski definition) is 1. The summed E-state index contributed by atoms with van der Waals surface area (Å²) in [6.45, 7) is 3.43. The van der Waals surface area contributed by atoms with Crippen molar-refractivity contribution in [1.29, 1.82) is 0 Å². The predicted molar refractivity (Wildman–Crippen MR) is 130 cm³/mol. The smallest absolute Gasteiger partial charge is 0.253 e. The molecule has 1 amide bonds. The van der Waals surface area contributed by atoms with Crippen molar-refractivity contribution in [3.8, 4) is 17.1 Å². The lowest BCUT2D eigenvalue weighted by molar-refractivity contribution is 0.0368. The fraction of sp³-hybridized carbons (Fsp3) is 0.240. The van der Waals surface area contributed by atoms with E-state index >= 15 is 0 Å². The van der Waals surface area contributed by atoms with Crippen LogP contribution >= 0.6 is 0 Å². The maximum atomic E-state index is 14.1. The highest BCUT2D eigenvalue weighted by Crippen LogP contribution is 2.28. The molecule has 0 aliphatic rings. The van der Waals surface area contributed by atoms with E-state index < -0.39 is 16.4 Å². The van der Waals surface area contributed by atoms with Crippen LogP contribution in [0.1, 0.15) is 24.2 Å². The van der Waals surface area contributed by atoms with Gasteiger partial charge in [-0.1, -0.05) is 24.3 Å². The first-order valence-electron chi connectivity index (χ1n) is 10.6. The summed E-state index contributed by atoms with van der Waals surface area (Å²) in [6, 6.07) is 11.5. The van der Waals surface area contributed by atoms with E-state index in [9.17, 15) is 18.5 Å². The molecule has 0 saturated carbocycles. The minimum atomic E-state index is -1.29. The second-order valence-electron chi connectivity index (χ2n) is 8.77. The van der Waals surface area contributed by atoms with Crippen LogP contribution in [0.2, 0.25) is 0 Å². The van der Waals surface area contributed by atoms with E-state index in [1.54, 1.807) is 74.3 Å². The first-order chi connectivity index (χ1) is 16.0. The van der Waals surface area contributed by atoms with Gasteiger partial charge < -0.3 is 10.0 Å². The van der Waals surface area contributed by atoms with E-state index in [4.69, 9.17) is 0 Å². The molecule has 4 rings (SSSR count). The number of benzene rings is 2. The lowest BCUT2D eigenvalue weighted by Crippen LogP contribution is -2.39. The van der Waals surface area contributed by atoms with Gasteiger partial charge in [0.25, 0.3) is 5.91 Å². The van der Waals surface area contributed by atoms with Gasteiger partial charge in [0.2, 0.25) is 5.95 Å². The predicted octanol–water partition coefficient (Wildman–Crippen LogP) is 3.81. The SMILES string of the molecule is CN(CC(C)(C)O)C(=O)c1ccc2c(S(C)=O)cn(-c3ncc(-c4ccccc4F)cn3)c2c1. The Balaban J connectivity index is 1.78. The molecule has 0 aliphatic heterocycles. The molecular weight excluding hydrogens is 455 g/mol. The molecular formula is C25H25FN4O3S. The summed E-state index contributed by atoms with van der Waals surface area (Å²) in [5.41, 5.74) is 0.919. The molecule has 34 heavy (non-hydrogen) atoms. The van der Waals surface area contributed by atoms with Gasteiger partial charge in [-0.15, -0.1) is 0 Å². The summed E-state index contributed by atoms with van der Waals surface area (Å²) in [4.78, 5) is 23.8. The molecule has 1 N–H and O–H groups in total. The first-order valence-corrected chi connectivity index (χ1v) is 12.1. The molecule has 1 atom stereocenters. The summed E-state index contributed by atoms with van der Waals surface area (Å²) >= 11 is 0. The van der Waals surface area contributed by atoms with Crippen molar-refractivity contribution >= 4 is 27.6 Å². The molecule has 9 heteroatoms. The molecule has 0 saturated heterocycles. The van der Waals surface area contributed by atoms with E-state index in [1.807, 2.05) is 0 Å². The molecule has 2 aromatic heterocycles. The number of hydrogen-bond acceptors (Lipinski definition) is 5. The van der Waals surface area contributed by atoms with Crippen molar-refractivity contribution in [2.24, 2.45) is 0 Å². The maximum Gasteiger partial charge on any atom is 0.253 e. The number of carbonyl (C=O) groups excluding carboxylic acids is 1. The second-order valence-corrected chi connectivity index (χ2v) is 10.1. The lowest BCUT2D eigenvalue weighted by Gasteiger charge is -2.25. The van der Waals surface area contributed by atoms with Crippen molar-refractivity contribution in [2.75, 3.05) is 19.8 Å². The molecule has 0 aliphatic carbocycles. The molecule has 1 unspecified atom stereocenters. The van der Waals surface area contributed by atoms with Crippen LogP contribution < -0.4 is 0 Å². The van der Waals surface area contributed by atoms with Crippen molar-refractivity contribution < 1.29 is 18.5 Å². The number of nitrogens with zero attached hydrogens (tertiary/aromatic N) is 4. The first kappa shape index (κ1) is 23.7. The van der Waals surface area contributed by atoms with Gasteiger partial charge in [0.05, 0.1) is 26.8 Å². The fourth-order valence-corrected chi connectivity index (χ4v) is 4.61. The monoisotopic (exact) mass is 480 g/mol. The highest BCUT2D eigenvalue weighted by Gasteiger charge is 2.22. The number of aliphatic hydroxyl groups is 1. The Morgan fingerprint density at radius 2 is 1.85 bits per heavy atom. The minimum absolute atomic E-state index is 0.162. The molecule has 0 spiro atoms. The molecule has 4 aromatic rings. The van der Waals surface area contributed by atoms with Crippen LogP contribution in [0.3, 0.4) is 0 Å². The highest BCUT2D eigenvalue weighted by atomic mass is 32.2. The molecule has 2 heterocycles. The van der Waals surface area contributed by atoms with Gasteiger partial charge in [0.15, 0.2) is 0 Å². The summed E-state index contributed by atoms with van der Waals surface area (Å²) in [7, 11) is 0.338. The summed E-state index contributed by atoms with van der Waals surface area (Å²) in [5.74, 6) is -0.324. The standard InChI is InChI=1S/C25H25FN4O3S/c1-25(2,32)15-29(3)23(31)16-9-10-19-21(11-16)30(14-22(19)34(4)33)24-27-12-17(13-28-24)18-7-5-6-8-20(18)26/h5-14,32H,15H2,1-4H3. The number of carbonyl (C=O) groups is 1. The van der Waals surface area contributed by atoms with Crippen molar-refractivity contribution in [2.45, 2.75) is 24.3 Å². The summed E-state index contributed by atoms with van der Waals surface area (Å²) < 4.78 is 28.2. The van der Waals surface area contributed by atoms with Gasteiger partial charge in [-0.3, -0.25) is 13.6 Å². The van der Waals surface area contributed by atoms with Gasteiger partial charge in [-0.2, -0.15) is 0 Å². The quantitative estimate of drug-likeness (QED) is 0.453. The molecule has 0 radical (unpaired) electrons. The lowest BCUT2D eigenvalue weighted by atomic mass is 10.1. The average Bonchev–Trinajstić information content (AvgIpc) is 3.17. The third kappa shape index (κ3) is 4.76. The molecule has 0 bridgehead atoms. The zero-order chi connectivity index (χ0) is 24.6. The number of fused-ring (bicyclic) bond motifs is 1. The third-order valence-electron chi connectivity index (χ3n) is 5.34. The Morgan fingerprint density at radius 1 is 1.18 bits per heavy atom. The van der Waals surface area contributed by atoms with Gasteiger partial charge >= 0.3 is 0 Å². The highest BCUT2D eigenvalue weighted by molar-refractivity contribution is 7.84. The van der Waals surface area contributed by atoms with Gasteiger partial charge in [-0.05, 0) is 32.0 Å². The van der Waals surface area contributed by atoms with Crippen LogP contribution in [-0.4, -0.2) is 60.1 Å². The van der Waals surface area contributed by atoms with Gasteiger partial charge in [0, 0.05) is 60.5 Å². The zero-order valence-electron chi connectivity index (χ0n) is 19.3. The van der Waals surface area contributed by atoms with Crippen LogP contribution in [0, 0.1) is 5.82 Å². The van der Waals surface area contributed by atoms with Gasteiger partial charge in [-0.25, -0.2) is 14.4 Å². The largest absolute Gasteiger partial charge is 0.389 e. The van der Waals surface area contributed by atoms with E-state index in [-0.39, 0.29) is 18.3 Å². The summed E-state index contributed by atoms with van der Waals surface area (Å²) in [6.07, 6.45) is 6.33. The Morgan fingerprint density at radius 3 is 2.47 bits per heavy atom. The Hall–Kier alpha value is -3.43. The van der Waals surface area contributed by atoms with E-state index in [0.29, 0.717) is 38.4 Å². The Bertz CT molecular complexity index is 1390. The van der Waals surface area contributed by atoms with E-state index in [0.717, 1.165) is 0 Å². The normalized spacial score (nSPS) is 12.6. The number of amides is 1. The maximum absolute atomic E-state index is 14.1. The van der Waals surface area contributed by atoms with E-state index in [1.165, 1.54) is 23.4 Å². The molecule has 2 aromatic carbocycles.